The molecule has 6 fully saturated rings. The molecule has 4 aromatic carbocycles. The van der Waals surface area contributed by atoms with Crippen LogP contribution in [0.1, 0.15) is 94.7 Å². The maximum Gasteiger partial charge on any atom is 0.338 e. The lowest BCUT2D eigenvalue weighted by Crippen LogP contribution is -2.35. The van der Waals surface area contributed by atoms with Gasteiger partial charge in [-0.05, 0) is 100 Å². The fourth-order valence-corrected chi connectivity index (χ4v) is 13.5. The molecule has 4 saturated heterocycles. The molecule has 2 saturated carbocycles. The number of carbonyl (C=O) groups is 2. The highest BCUT2D eigenvalue weighted by Gasteiger charge is 2.51. The van der Waals surface area contributed by atoms with Crippen LogP contribution in [0, 0.1) is 0 Å². The van der Waals surface area contributed by atoms with Crippen molar-refractivity contribution in [2.24, 2.45) is 0 Å². The SMILES string of the molecule is CCOC(=O)c1ccc2nc(Cl)sc2c1.CCOC(=O)c1ccc2nc(O[C@@H]3CO[C@H]4[C@@H]3OC[C@@H]4OCc3c(-c4c(Cl)cccc4Cl)noc3C3CC3)sc2c1.O[C@@H]1CO[C@H]2[C@@H]1OC[C@@H]2OCc1c(-c2c(Cl)cccc2Cl)noc1C1CC1. The highest BCUT2D eigenvalue weighted by molar-refractivity contribution is 7.22. The van der Waals surface area contributed by atoms with Crippen LogP contribution in [-0.2, 0) is 51.1 Å². The van der Waals surface area contributed by atoms with Gasteiger partial charge in [-0.1, -0.05) is 91.8 Å². The third-order valence-corrected chi connectivity index (χ3v) is 18.1. The largest absolute Gasteiger partial charge is 0.462 e. The van der Waals surface area contributed by atoms with E-state index in [0.29, 0.717) is 115 Å². The van der Waals surface area contributed by atoms with Crippen molar-refractivity contribution in [1.29, 1.82) is 0 Å². The van der Waals surface area contributed by atoms with Crippen LogP contribution in [-0.4, -0.2) is 126 Å². The average Bonchev–Trinajstić information content (AvgIpc) is 4.11. The lowest BCUT2D eigenvalue weighted by atomic mass is 10.0. The van der Waals surface area contributed by atoms with Crippen LogP contribution in [0.15, 0.2) is 81.8 Å². The molecule has 83 heavy (non-hydrogen) atoms. The number of aliphatic hydroxyl groups excluding tert-OH is 1. The highest BCUT2D eigenvalue weighted by Crippen LogP contribution is 2.48. The minimum Gasteiger partial charge on any atom is -0.462 e. The van der Waals surface area contributed by atoms with Crippen molar-refractivity contribution in [2.75, 3.05) is 39.6 Å². The second-order valence-corrected chi connectivity index (χ2v) is 24.6. The van der Waals surface area contributed by atoms with Gasteiger partial charge in [-0.3, -0.25) is 0 Å². The van der Waals surface area contributed by atoms with Crippen LogP contribution in [0.5, 0.6) is 5.19 Å². The number of hydrogen-bond donors (Lipinski definition) is 1. The van der Waals surface area contributed by atoms with Gasteiger partial charge in [-0.2, -0.15) is 0 Å². The summed E-state index contributed by atoms with van der Waals surface area (Å²) in [6.45, 7) is 6.18. The van der Waals surface area contributed by atoms with Crippen LogP contribution < -0.4 is 4.74 Å². The zero-order chi connectivity index (χ0) is 57.5. The van der Waals surface area contributed by atoms with Gasteiger partial charge in [0.2, 0.25) is 0 Å². The smallest absolute Gasteiger partial charge is 0.338 e. The molecule has 4 aromatic heterocycles. The number of fused-ring (bicyclic) bond motifs is 4. The van der Waals surface area contributed by atoms with E-state index in [0.717, 1.165) is 68.8 Å². The van der Waals surface area contributed by atoms with Crippen LogP contribution in [0.2, 0.25) is 24.6 Å². The fraction of sp³-hybridized carbons (Fsp3) is 0.414. The molecule has 14 rings (SSSR count). The lowest BCUT2D eigenvalue weighted by Gasteiger charge is -2.17. The van der Waals surface area contributed by atoms with Gasteiger partial charge in [0, 0.05) is 34.1 Å². The van der Waals surface area contributed by atoms with Gasteiger partial charge >= 0.3 is 11.9 Å². The van der Waals surface area contributed by atoms with Crippen molar-refractivity contribution in [3.05, 3.63) is 131 Å². The van der Waals surface area contributed by atoms with E-state index >= 15 is 0 Å². The van der Waals surface area contributed by atoms with Gasteiger partial charge in [-0.15, -0.1) is 11.3 Å². The summed E-state index contributed by atoms with van der Waals surface area (Å²) in [7, 11) is 0. The van der Waals surface area contributed by atoms with Crippen LogP contribution in [0.3, 0.4) is 0 Å². The molecule has 0 spiro atoms. The Morgan fingerprint density at radius 1 is 0.578 bits per heavy atom. The number of aromatic nitrogens is 4. The first kappa shape index (κ1) is 58.4. The van der Waals surface area contributed by atoms with Gasteiger partial charge in [0.15, 0.2) is 10.6 Å². The summed E-state index contributed by atoms with van der Waals surface area (Å²) in [5.41, 5.74) is 6.81. The first-order valence-electron chi connectivity index (χ1n) is 27.0. The Hall–Kier alpha value is -5.01. The van der Waals surface area contributed by atoms with Crippen molar-refractivity contribution in [1.82, 2.24) is 20.3 Å². The predicted octanol–water partition coefficient (Wildman–Crippen LogP) is 13.1. The molecule has 25 heteroatoms. The molecule has 0 unspecified atom stereocenters. The standard InChI is InChI=1S/C29H26Cl2N2O7S.C19H19Cl2NO5.C10H8ClNO2S/c1-2-35-28(34)15-8-9-19-22(10-15)41-29(32-19)39-21-13-38-26-20(12-37-27(21)26)36-11-16-24(33-40-25(16)14-6-7-14)23-17(30)4-3-5-18(23)31;20-11-2-1-3-12(21)15(11)16-10(17(27-22-16)9-4-5-9)6-24-14-8-26-18-13(23)7-25-19(14)18;1-2-14-9(13)6-3-4-7-8(5-6)15-10(11)12-7/h3-5,8-10,14,20-21,26-27H,2,6-7,11-13H2,1H3;1-3,9,13-14,18-19,23H,4-8H2;3-5H,2H2,1H3/t20-,21+,26+,27+;13-,14+,18-,19-;/m01./s1. The van der Waals surface area contributed by atoms with Crippen LogP contribution in [0.25, 0.3) is 42.9 Å². The fourth-order valence-electron chi connectivity index (χ4n) is 10.4. The van der Waals surface area contributed by atoms with E-state index in [2.05, 4.69) is 20.3 Å². The number of esters is 2. The molecule has 0 radical (unpaired) electrons. The number of hydrogen-bond acceptors (Lipinski definition) is 20. The van der Waals surface area contributed by atoms with Crippen molar-refractivity contribution in [2.45, 2.75) is 113 Å². The number of ether oxygens (including phenoxy) is 9. The van der Waals surface area contributed by atoms with E-state index in [4.69, 9.17) is 110 Å². The van der Waals surface area contributed by atoms with E-state index in [-0.39, 0.29) is 67.9 Å². The molecule has 6 aliphatic rings. The average molecular weight is 1270 g/mol. The molecule has 8 aromatic rings. The minimum atomic E-state index is -0.598. The Morgan fingerprint density at radius 2 is 1.02 bits per heavy atom. The van der Waals surface area contributed by atoms with E-state index < -0.39 is 6.10 Å². The summed E-state index contributed by atoms with van der Waals surface area (Å²) >= 11 is 34.2. The summed E-state index contributed by atoms with van der Waals surface area (Å²) in [5.74, 6) is 1.67. The Balaban J connectivity index is 0.000000138. The first-order chi connectivity index (χ1) is 40.3. The van der Waals surface area contributed by atoms with Gasteiger partial charge in [-0.25, -0.2) is 19.6 Å². The lowest BCUT2D eigenvalue weighted by molar-refractivity contribution is -0.0441. The maximum absolute atomic E-state index is 12.1. The topological polar surface area (TPSA) is 215 Å². The molecule has 436 valence electrons. The molecule has 1 N–H and O–H groups in total. The van der Waals surface area contributed by atoms with E-state index in [1.807, 2.05) is 0 Å². The first-order valence-corrected chi connectivity index (χ1v) is 30.6. The monoisotopic (exact) mass is 1270 g/mol. The molecular weight excluding hydrogens is 1220 g/mol. The second kappa shape index (κ2) is 25.5. The quantitative estimate of drug-likeness (QED) is 0.0890. The normalized spacial score (nSPS) is 23.4. The van der Waals surface area contributed by atoms with Crippen LogP contribution in [0.4, 0.5) is 0 Å². The maximum atomic E-state index is 12.1. The van der Waals surface area contributed by atoms with Crippen molar-refractivity contribution in [3.8, 4) is 27.7 Å². The molecule has 2 aliphatic carbocycles. The number of rotatable bonds is 16. The molecule has 4 aliphatic heterocycles. The Bertz CT molecular complexity index is 3620. The zero-order valence-corrected chi connectivity index (χ0v) is 49.8. The number of carbonyl (C=O) groups excluding carboxylic acids is 2. The van der Waals surface area contributed by atoms with E-state index in [9.17, 15) is 14.7 Å². The van der Waals surface area contributed by atoms with Crippen LogP contribution >= 0.6 is 80.7 Å². The molecule has 0 amide bonds. The number of benzene rings is 4. The number of aliphatic hydroxyl groups is 1. The summed E-state index contributed by atoms with van der Waals surface area (Å²) in [5, 5.41) is 21.0. The van der Waals surface area contributed by atoms with E-state index in [1.54, 1.807) is 86.6 Å². The van der Waals surface area contributed by atoms with Gasteiger partial charge < -0.3 is 56.8 Å². The zero-order valence-electron chi connectivity index (χ0n) is 44.4. The Kier molecular flexibility index (Phi) is 17.9. The summed E-state index contributed by atoms with van der Waals surface area (Å²) in [6.07, 6.45) is 1.60. The molecule has 8 heterocycles. The Labute approximate surface area is 508 Å². The third-order valence-electron chi connectivity index (χ3n) is 14.8. The number of thiazole rings is 2. The predicted molar refractivity (Wildman–Crippen MR) is 311 cm³/mol. The van der Waals surface area contributed by atoms with Crippen molar-refractivity contribution < 1.29 is 66.4 Å². The summed E-state index contributed by atoms with van der Waals surface area (Å²) < 4.78 is 65.8. The van der Waals surface area contributed by atoms with E-state index in [1.165, 1.54) is 22.7 Å². The summed E-state index contributed by atoms with van der Waals surface area (Å²) in [6, 6.07) is 21.2. The third kappa shape index (κ3) is 12.7. The number of nitrogens with zero attached hydrogens (tertiary/aromatic N) is 4. The molecular formula is C58H53Cl5N4O14S2. The minimum absolute atomic E-state index is 0.247. The highest BCUT2D eigenvalue weighted by atomic mass is 35.5. The number of halogens is 5. The van der Waals surface area contributed by atoms with Gasteiger partial charge in [0.1, 0.15) is 65.6 Å². The Morgan fingerprint density at radius 3 is 1.53 bits per heavy atom. The summed E-state index contributed by atoms with van der Waals surface area (Å²) in [4.78, 5) is 32.2. The second-order valence-electron chi connectivity index (χ2n) is 20.4. The van der Waals surface area contributed by atoms with Gasteiger partial charge in [0.25, 0.3) is 5.19 Å². The molecule has 18 nitrogen and oxygen atoms in total. The van der Waals surface area contributed by atoms with Crippen molar-refractivity contribution in [3.63, 3.8) is 0 Å². The van der Waals surface area contributed by atoms with Crippen molar-refractivity contribution >= 4 is 113 Å². The molecule has 0 bridgehead atoms. The van der Waals surface area contributed by atoms with Gasteiger partial charge in [0.05, 0.1) is 105 Å². The molecule has 8 atom stereocenters.